The van der Waals surface area contributed by atoms with E-state index in [1.807, 2.05) is 7.05 Å². The third-order valence-electron chi connectivity index (χ3n) is 2.52. The number of hydrogen-bond donors (Lipinski definition) is 1. The van der Waals surface area contributed by atoms with Crippen molar-refractivity contribution in [2.24, 2.45) is 0 Å². The van der Waals surface area contributed by atoms with Gasteiger partial charge in [-0.2, -0.15) is 0 Å². The molecular weight excluding hydrogens is 169 g/mol. The number of likely N-dealkylation sites (N-methyl/N-ethyl adjacent to an activating group) is 1. The van der Waals surface area contributed by atoms with Gasteiger partial charge in [-0.05, 0) is 31.2 Å². The third-order valence-corrected chi connectivity index (χ3v) is 2.52. The van der Waals surface area contributed by atoms with Crippen LogP contribution in [0.4, 0.5) is 4.39 Å². The average molecular weight is 181 g/mol. The predicted molar refractivity (Wildman–Crippen MR) is 48.1 cm³/mol. The van der Waals surface area contributed by atoms with Crippen molar-refractivity contribution in [1.82, 2.24) is 4.90 Å². The molecular formula is C10H12FNO. The first-order chi connectivity index (χ1) is 6.18. The van der Waals surface area contributed by atoms with E-state index < -0.39 is 0 Å². The number of nitrogens with zero attached hydrogens (tertiary/aromatic N) is 1. The summed E-state index contributed by atoms with van der Waals surface area (Å²) in [7, 11) is 1.97. The van der Waals surface area contributed by atoms with E-state index in [2.05, 4.69) is 4.90 Å². The Hall–Kier alpha value is -1.09. The van der Waals surface area contributed by atoms with E-state index in [1.54, 1.807) is 0 Å². The molecule has 1 aliphatic rings. The molecule has 2 nitrogen and oxygen atoms in total. The fourth-order valence-corrected chi connectivity index (χ4v) is 1.75. The van der Waals surface area contributed by atoms with Crippen LogP contribution in [0.2, 0.25) is 0 Å². The second-order valence-corrected chi connectivity index (χ2v) is 3.51. The lowest BCUT2D eigenvalue weighted by atomic mass is 9.98. The van der Waals surface area contributed by atoms with E-state index in [0.29, 0.717) is 18.5 Å². The van der Waals surface area contributed by atoms with E-state index in [-0.39, 0.29) is 11.6 Å². The Balaban J connectivity index is 2.51. The van der Waals surface area contributed by atoms with Crippen LogP contribution in [0.1, 0.15) is 11.1 Å². The molecule has 3 heteroatoms. The minimum absolute atomic E-state index is 0.194. The molecule has 0 radical (unpaired) electrons. The zero-order chi connectivity index (χ0) is 9.42. The van der Waals surface area contributed by atoms with Gasteiger partial charge in [0.25, 0.3) is 0 Å². The van der Waals surface area contributed by atoms with Gasteiger partial charge in [0.1, 0.15) is 11.6 Å². The molecule has 0 amide bonds. The van der Waals surface area contributed by atoms with Crippen LogP contribution in [0.5, 0.6) is 5.75 Å². The van der Waals surface area contributed by atoms with Crippen molar-refractivity contribution in [3.05, 3.63) is 29.1 Å². The van der Waals surface area contributed by atoms with E-state index in [9.17, 15) is 9.50 Å². The van der Waals surface area contributed by atoms with Gasteiger partial charge in [-0.15, -0.1) is 0 Å². The molecule has 70 valence electrons. The Bertz CT molecular complexity index is 338. The molecule has 1 heterocycles. The van der Waals surface area contributed by atoms with Crippen molar-refractivity contribution in [3.63, 3.8) is 0 Å². The summed E-state index contributed by atoms with van der Waals surface area (Å²) in [5.74, 6) is 0.0175. The number of rotatable bonds is 0. The van der Waals surface area contributed by atoms with Gasteiger partial charge in [0.05, 0.1) is 0 Å². The summed E-state index contributed by atoms with van der Waals surface area (Å²) in [6.07, 6.45) is 0.687. The monoisotopic (exact) mass is 181 g/mol. The van der Waals surface area contributed by atoms with Crippen LogP contribution in [0.25, 0.3) is 0 Å². The van der Waals surface area contributed by atoms with Gasteiger partial charge >= 0.3 is 0 Å². The summed E-state index contributed by atoms with van der Waals surface area (Å²) >= 11 is 0. The third kappa shape index (κ3) is 1.40. The SMILES string of the molecule is CN1CCc2c(F)ccc(O)c2C1. The van der Waals surface area contributed by atoms with Crippen molar-refractivity contribution in [3.8, 4) is 5.75 Å². The van der Waals surface area contributed by atoms with E-state index in [0.717, 1.165) is 12.1 Å². The first-order valence-electron chi connectivity index (χ1n) is 4.36. The zero-order valence-electron chi connectivity index (χ0n) is 7.55. The van der Waals surface area contributed by atoms with E-state index in [1.165, 1.54) is 12.1 Å². The first-order valence-corrected chi connectivity index (χ1v) is 4.36. The fraction of sp³-hybridized carbons (Fsp3) is 0.400. The number of phenols is 1. The molecule has 0 aliphatic carbocycles. The summed E-state index contributed by atoms with van der Waals surface area (Å²) in [4.78, 5) is 2.07. The van der Waals surface area contributed by atoms with E-state index in [4.69, 9.17) is 0 Å². The highest BCUT2D eigenvalue weighted by atomic mass is 19.1. The minimum Gasteiger partial charge on any atom is -0.508 e. The fourth-order valence-electron chi connectivity index (χ4n) is 1.75. The molecule has 1 aromatic rings. The second-order valence-electron chi connectivity index (χ2n) is 3.51. The van der Waals surface area contributed by atoms with Crippen LogP contribution in [0.15, 0.2) is 12.1 Å². The molecule has 0 aromatic heterocycles. The molecule has 0 bridgehead atoms. The molecule has 0 unspecified atom stereocenters. The maximum absolute atomic E-state index is 13.2. The van der Waals surface area contributed by atoms with Gasteiger partial charge in [-0.3, -0.25) is 0 Å². The quantitative estimate of drug-likeness (QED) is 0.656. The van der Waals surface area contributed by atoms with Crippen LogP contribution < -0.4 is 0 Å². The standard InChI is InChI=1S/C10H12FNO/c1-12-5-4-7-8(6-12)10(13)3-2-9(7)11/h2-3,13H,4-6H2,1H3. The Morgan fingerprint density at radius 1 is 1.38 bits per heavy atom. The summed E-state index contributed by atoms with van der Waals surface area (Å²) in [6.45, 7) is 1.49. The van der Waals surface area contributed by atoms with Crippen LogP contribution in [-0.2, 0) is 13.0 Å². The predicted octanol–water partition coefficient (Wildman–Crippen LogP) is 1.52. The van der Waals surface area contributed by atoms with Gasteiger partial charge in [0.2, 0.25) is 0 Å². The molecule has 0 spiro atoms. The van der Waals surface area contributed by atoms with Gasteiger partial charge in [-0.25, -0.2) is 4.39 Å². The number of benzene rings is 1. The number of fused-ring (bicyclic) bond motifs is 1. The van der Waals surface area contributed by atoms with Crippen LogP contribution in [0.3, 0.4) is 0 Å². The number of aromatic hydroxyl groups is 1. The Kier molecular flexibility index (Phi) is 1.96. The summed E-state index contributed by atoms with van der Waals surface area (Å²) in [6, 6.07) is 2.76. The van der Waals surface area contributed by atoms with Gasteiger partial charge in [0, 0.05) is 18.7 Å². The van der Waals surface area contributed by atoms with Gasteiger partial charge in [0.15, 0.2) is 0 Å². The summed E-state index contributed by atoms with van der Waals surface area (Å²) < 4.78 is 13.2. The Morgan fingerprint density at radius 3 is 2.92 bits per heavy atom. The lowest BCUT2D eigenvalue weighted by molar-refractivity contribution is 0.300. The van der Waals surface area contributed by atoms with Crippen LogP contribution >= 0.6 is 0 Å². The number of phenolic OH excluding ortho intramolecular Hbond substituents is 1. The highest BCUT2D eigenvalue weighted by Gasteiger charge is 2.19. The van der Waals surface area contributed by atoms with E-state index >= 15 is 0 Å². The first kappa shape index (κ1) is 8.51. The molecule has 0 saturated heterocycles. The van der Waals surface area contributed by atoms with Crippen LogP contribution in [0, 0.1) is 5.82 Å². The van der Waals surface area contributed by atoms with Crippen molar-refractivity contribution in [2.75, 3.05) is 13.6 Å². The molecule has 0 fully saturated rings. The molecule has 0 saturated carbocycles. The second kappa shape index (κ2) is 3.00. The average Bonchev–Trinajstić information content (AvgIpc) is 2.12. The lowest BCUT2D eigenvalue weighted by Gasteiger charge is -2.25. The van der Waals surface area contributed by atoms with Gasteiger partial charge in [-0.1, -0.05) is 0 Å². The van der Waals surface area contributed by atoms with Gasteiger partial charge < -0.3 is 10.0 Å². The number of halogens is 1. The topological polar surface area (TPSA) is 23.5 Å². The number of hydrogen-bond acceptors (Lipinski definition) is 2. The molecule has 13 heavy (non-hydrogen) atoms. The molecule has 1 aliphatic heterocycles. The Labute approximate surface area is 76.6 Å². The zero-order valence-corrected chi connectivity index (χ0v) is 7.55. The highest BCUT2D eigenvalue weighted by Crippen LogP contribution is 2.28. The van der Waals surface area contributed by atoms with Crippen molar-refractivity contribution < 1.29 is 9.50 Å². The molecule has 0 atom stereocenters. The van der Waals surface area contributed by atoms with Crippen molar-refractivity contribution >= 4 is 0 Å². The lowest BCUT2D eigenvalue weighted by Crippen LogP contribution is -2.27. The maximum atomic E-state index is 13.2. The summed E-state index contributed by atoms with van der Waals surface area (Å²) in [5.41, 5.74) is 1.42. The summed E-state index contributed by atoms with van der Waals surface area (Å²) in [5, 5.41) is 9.51. The Morgan fingerprint density at radius 2 is 2.15 bits per heavy atom. The molecule has 1 N–H and O–H groups in total. The highest BCUT2D eigenvalue weighted by molar-refractivity contribution is 5.41. The molecule has 1 aromatic carbocycles. The largest absolute Gasteiger partial charge is 0.508 e. The maximum Gasteiger partial charge on any atom is 0.127 e. The minimum atomic E-state index is -0.194. The van der Waals surface area contributed by atoms with Crippen LogP contribution in [-0.4, -0.2) is 23.6 Å². The normalized spacial score (nSPS) is 17.1. The van der Waals surface area contributed by atoms with Crippen molar-refractivity contribution in [2.45, 2.75) is 13.0 Å². The molecule has 2 rings (SSSR count). The smallest absolute Gasteiger partial charge is 0.127 e. The van der Waals surface area contributed by atoms with Crippen molar-refractivity contribution in [1.29, 1.82) is 0 Å².